The van der Waals surface area contributed by atoms with E-state index in [9.17, 15) is 4.79 Å². The summed E-state index contributed by atoms with van der Waals surface area (Å²) in [6.07, 6.45) is 3.22. The van der Waals surface area contributed by atoms with Crippen molar-refractivity contribution >= 4 is 5.91 Å². The van der Waals surface area contributed by atoms with Gasteiger partial charge in [-0.25, -0.2) is 0 Å². The Morgan fingerprint density at radius 3 is 2.71 bits per heavy atom. The van der Waals surface area contributed by atoms with Gasteiger partial charge < -0.3 is 10.6 Å². The van der Waals surface area contributed by atoms with Gasteiger partial charge >= 0.3 is 0 Å². The summed E-state index contributed by atoms with van der Waals surface area (Å²) in [7, 11) is 1.93. The van der Waals surface area contributed by atoms with E-state index in [0.717, 1.165) is 19.3 Å². The third kappa shape index (κ3) is 3.29. The average molecular weight is 288 g/mol. The van der Waals surface area contributed by atoms with Crippen molar-refractivity contribution in [2.45, 2.75) is 46.1 Å². The second-order valence-corrected chi connectivity index (χ2v) is 6.52. The predicted octanol–water partition coefficient (Wildman–Crippen LogP) is 3.20. The molecule has 1 aromatic rings. The first-order valence-electron chi connectivity index (χ1n) is 7.99. The van der Waals surface area contributed by atoms with E-state index in [4.69, 9.17) is 5.73 Å². The zero-order chi connectivity index (χ0) is 15.6. The lowest BCUT2D eigenvalue weighted by Gasteiger charge is -2.30. The van der Waals surface area contributed by atoms with Crippen LogP contribution in [0.5, 0.6) is 0 Å². The van der Waals surface area contributed by atoms with Gasteiger partial charge in [0.25, 0.3) is 0 Å². The number of rotatable bonds is 4. The molecule has 0 spiro atoms. The molecule has 3 atom stereocenters. The summed E-state index contributed by atoms with van der Waals surface area (Å²) in [5.74, 6) is 0.745. The maximum atomic E-state index is 12.8. The number of hydrogen-bond donors (Lipinski definition) is 1. The van der Waals surface area contributed by atoms with Crippen LogP contribution in [-0.4, -0.2) is 24.4 Å². The Bertz CT molecular complexity index is 512. The van der Waals surface area contributed by atoms with Crippen LogP contribution in [0.25, 0.3) is 0 Å². The highest BCUT2D eigenvalue weighted by atomic mass is 16.2. The first-order chi connectivity index (χ1) is 9.95. The first kappa shape index (κ1) is 16.0. The number of nitrogens with zero attached hydrogens (tertiary/aromatic N) is 1. The molecule has 0 saturated heterocycles. The van der Waals surface area contributed by atoms with E-state index in [1.165, 1.54) is 16.7 Å². The molecule has 3 nitrogen and oxygen atoms in total. The van der Waals surface area contributed by atoms with Gasteiger partial charge in [-0.3, -0.25) is 4.79 Å². The number of nitrogens with two attached hydrogens (primary N) is 1. The highest BCUT2D eigenvalue weighted by molar-refractivity contribution is 5.79. The minimum Gasteiger partial charge on any atom is -0.339 e. The molecular weight excluding hydrogens is 260 g/mol. The highest BCUT2D eigenvalue weighted by Crippen LogP contribution is 2.34. The van der Waals surface area contributed by atoms with Crippen molar-refractivity contribution in [3.63, 3.8) is 0 Å². The zero-order valence-electron chi connectivity index (χ0n) is 13.7. The minimum atomic E-state index is 0.108. The molecule has 2 N–H and O–H groups in total. The Kier molecular flexibility index (Phi) is 5.04. The van der Waals surface area contributed by atoms with Crippen LogP contribution in [0.3, 0.4) is 0 Å². The van der Waals surface area contributed by atoms with Crippen LogP contribution >= 0.6 is 0 Å². The summed E-state index contributed by atoms with van der Waals surface area (Å²) < 4.78 is 0. The van der Waals surface area contributed by atoms with Gasteiger partial charge in [0.05, 0.1) is 6.04 Å². The van der Waals surface area contributed by atoms with Gasteiger partial charge in [-0.05, 0) is 57.2 Å². The molecule has 1 fully saturated rings. The Morgan fingerprint density at radius 1 is 1.38 bits per heavy atom. The average Bonchev–Trinajstić information content (AvgIpc) is 2.93. The van der Waals surface area contributed by atoms with E-state index >= 15 is 0 Å². The zero-order valence-corrected chi connectivity index (χ0v) is 13.7. The van der Waals surface area contributed by atoms with Crippen LogP contribution in [0.1, 0.15) is 48.9 Å². The van der Waals surface area contributed by atoms with Crippen LogP contribution in [0.15, 0.2) is 18.2 Å². The summed E-state index contributed by atoms with van der Waals surface area (Å²) in [4.78, 5) is 14.7. The standard InChI is InChI=1S/C18H28N2O/c1-12-8-9-16(13(2)10-12)14(3)20(4)18(21)17-7-5-6-15(17)11-19/h8-10,14-15,17H,5-7,11,19H2,1-4H3/t14?,15-,17-/m1/s1. The predicted molar refractivity (Wildman–Crippen MR) is 87.0 cm³/mol. The number of carbonyl (C=O) groups is 1. The minimum absolute atomic E-state index is 0.108. The molecule has 3 heteroatoms. The molecule has 1 saturated carbocycles. The van der Waals surface area contributed by atoms with Crippen molar-refractivity contribution < 1.29 is 4.79 Å². The van der Waals surface area contributed by atoms with E-state index in [1.807, 2.05) is 11.9 Å². The third-order valence-corrected chi connectivity index (χ3v) is 5.08. The van der Waals surface area contributed by atoms with Crippen LogP contribution in [0, 0.1) is 25.7 Å². The van der Waals surface area contributed by atoms with Gasteiger partial charge in [0.2, 0.25) is 5.91 Å². The summed E-state index contributed by atoms with van der Waals surface area (Å²) in [6.45, 7) is 6.96. The van der Waals surface area contributed by atoms with Gasteiger partial charge in [0.15, 0.2) is 0 Å². The number of benzene rings is 1. The molecule has 0 aliphatic heterocycles. The lowest BCUT2D eigenvalue weighted by molar-refractivity contribution is -0.137. The molecular formula is C18H28N2O. The van der Waals surface area contributed by atoms with E-state index < -0.39 is 0 Å². The SMILES string of the molecule is Cc1ccc(C(C)N(C)C(=O)[C@@H]2CCC[C@@H]2CN)c(C)c1. The van der Waals surface area contributed by atoms with Crippen LogP contribution < -0.4 is 5.73 Å². The summed E-state index contributed by atoms with van der Waals surface area (Å²) in [5, 5.41) is 0. The molecule has 1 unspecified atom stereocenters. The molecule has 0 radical (unpaired) electrons. The molecule has 1 amide bonds. The second-order valence-electron chi connectivity index (χ2n) is 6.52. The van der Waals surface area contributed by atoms with Crippen LogP contribution in [-0.2, 0) is 4.79 Å². The number of aryl methyl sites for hydroxylation is 2. The fourth-order valence-electron chi connectivity index (χ4n) is 3.60. The molecule has 0 aromatic heterocycles. The van der Waals surface area contributed by atoms with Gasteiger partial charge in [-0.1, -0.05) is 30.2 Å². The van der Waals surface area contributed by atoms with E-state index in [2.05, 4.69) is 39.0 Å². The largest absolute Gasteiger partial charge is 0.339 e. The normalized spacial score (nSPS) is 23.1. The topological polar surface area (TPSA) is 46.3 Å². The monoisotopic (exact) mass is 288 g/mol. The first-order valence-corrected chi connectivity index (χ1v) is 7.99. The molecule has 2 rings (SSSR count). The molecule has 0 bridgehead atoms. The van der Waals surface area contributed by atoms with E-state index in [1.54, 1.807) is 0 Å². The smallest absolute Gasteiger partial charge is 0.226 e. The van der Waals surface area contributed by atoms with Crippen molar-refractivity contribution in [1.29, 1.82) is 0 Å². The Hall–Kier alpha value is -1.35. The maximum Gasteiger partial charge on any atom is 0.226 e. The summed E-state index contributed by atoms with van der Waals surface area (Å²) >= 11 is 0. The molecule has 1 aliphatic rings. The van der Waals surface area contributed by atoms with E-state index in [0.29, 0.717) is 12.5 Å². The highest BCUT2D eigenvalue weighted by Gasteiger charge is 2.35. The lowest BCUT2D eigenvalue weighted by atomic mass is 9.93. The van der Waals surface area contributed by atoms with Crippen molar-refractivity contribution in [2.24, 2.45) is 17.6 Å². The molecule has 116 valence electrons. The van der Waals surface area contributed by atoms with Gasteiger partial charge in [-0.15, -0.1) is 0 Å². The molecule has 21 heavy (non-hydrogen) atoms. The summed E-state index contributed by atoms with van der Waals surface area (Å²) in [5.41, 5.74) is 9.57. The molecule has 1 aromatic carbocycles. The fourth-order valence-corrected chi connectivity index (χ4v) is 3.60. The molecule has 0 heterocycles. The maximum absolute atomic E-state index is 12.8. The van der Waals surface area contributed by atoms with E-state index in [-0.39, 0.29) is 17.9 Å². The van der Waals surface area contributed by atoms with Gasteiger partial charge in [0.1, 0.15) is 0 Å². The Balaban J connectivity index is 2.14. The van der Waals surface area contributed by atoms with Crippen LogP contribution in [0.4, 0.5) is 0 Å². The Labute approximate surface area is 128 Å². The van der Waals surface area contributed by atoms with Crippen molar-refractivity contribution in [2.75, 3.05) is 13.6 Å². The van der Waals surface area contributed by atoms with Gasteiger partial charge in [-0.2, -0.15) is 0 Å². The van der Waals surface area contributed by atoms with Crippen LogP contribution in [0.2, 0.25) is 0 Å². The second kappa shape index (κ2) is 6.61. The molecule has 1 aliphatic carbocycles. The third-order valence-electron chi connectivity index (χ3n) is 5.08. The Morgan fingerprint density at radius 2 is 2.10 bits per heavy atom. The number of amides is 1. The van der Waals surface area contributed by atoms with Crippen molar-refractivity contribution in [1.82, 2.24) is 4.90 Å². The number of carbonyl (C=O) groups excluding carboxylic acids is 1. The van der Waals surface area contributed by atoms with Crippen molar-refractivity contribution in [3.8, 4) is 0 Å². The summed E-state index contributed by atoms with van der Waals surface area (Å²) in [6, 6.07) is 6.56. The quantitative estimate of drug-likeness (QED) is 0.925. The van der Waals surface area contributed by atoms with Gasteiger partial charge in [0, 0.05) is 13.0 Å². The number of hydrogen-bond acceptors (Lipinski definition) is 2. The lowest BCUT2D eigenvalue weighted by Crippen LogP contribution is -2.38. The fraction of sp³-hybridized carbons (Fsp3) is 0.611. The van der Waals surface area contributed by atoms with Crippen molar-refractivity contribution in [3.05, 3.63) is 34.9 Å².